The third kappa shape index (κ3) is 65.0. The average molecular weight is 1100 g/mol. The summed E-state index contributed by atoms with van der Waals surface area (Å²) in [6, 6.07) is 0. The van der Waals surface area contributed by atoms with Gasteiger partial charge in [0, 0.05) is 19.3 Å². The highest BCUT2D eigenvalue weighted by atomic mass is 16.6. The predicted molar refractivity (Wildman–Crippen MR) is 344 cm³/mol. The van der Waals surface area contributed by atoms with Crippen molar-refractivity contribution in [1.82, 2.24) is 0 Å². The number of carbonyl (C=O) groups is 3. The molecule has 0 saturated carbocycles. The number of esters is 3. The van der Waals surface area contributed by atoms with Gasteiger partial charge >= 0.3 is 17.9 Å². The molecule has 1 unspecified atom stereocenters. The van der Waals surface area contributed by atoms with E-state index in [1.165, 1.54) is 161 Å². The average Bonchev–Trinajstić information content (AvgIpc) is 3.45. The van der Waals surface area contributed by atoms with Gasteiger partial charge in [-0.25, -0.2) is 0 Å². The maximum Gasteiger partial charge on any atom is 0.306 e. The van der Waals surface area contributed by atoms with E-state index in [0.29, 0.717) is 19.3 Å². The predicted octanol–water partition coefficient (Wildman–Crippen LogP) is 23.2. The molecule has 0 aliphatic heterocycles. The van der Waals surface area contributed by atoms with Crippen LogP contribution in [0.1, 0.15) is 329 Å². The van der Waals surface area contributed by atoms with Crippen LogP contribution in [0.25, 0.3) is 0 Å². The summed E-state index contributed by atoms with van der Waals surface area (Å²) in [5.74, 6) is -0.879. The van der Waals surface area contributed by atoms with Crippen molar-refractivity contribution in [3.63, 3.8) is 0 Å². The fourth-order valence-electron chi connectivity index (χ4n) is 9.55. The van der Waals surface area contributed by atoms with Gasteiger partial charge in [0.15, 0.2) is 6.10 Å². The summed E-state index contributed by atoms with van der Waals surface area (Å²) in [5, 5.41) is 0. The summed E-state index contributed by atoms with van der Waals surface area (Å²) in [7, 11) is 0. The second-order valence-corrected chi connectivity index (χ2v) is 22.4. The molecule has 0 aromatic rings. The van der Waals surface area contributed by atoms with Crippen molar-refractivity contribution in [3.8, 4) is 0 Å². The van der Waals surface area contributed by atoms with E-state index in [2.05, 4.69) is 118 Å². The second kappa shape index (κ2) is 66.8. The summed E-state index contributed by atoms with van der Waals surface area (Å²) in [5.41, 5.74) is 0. The van der Waals surface area contributed by atoms with Gasteiger partial charge in [0.25, 0.3) is 0 Å². The SMILES string of the molecule is CC/C=C\C/C=C\C/C=C\C/C=C\C/C=C\C/C=C\CCCCCCCCCCCCCCCCCCC(=O)OCC(COC(=O)CCCCCCCCCCCCCCC)OC(=O)CCCCCCC/C=C\C/C=C\CCC. The van der Waals surface area contributed by atoms with Crippen molar-refractivity contribution in [2.75, 3.05) is 13.2 Å². The van der Waals surface area contributed by atoms with Gasteiger partial charge in [0.2, 0.25) is 0 Å². The van der Waals surface area contributed by atoms with E-state index in [4.69, 9.17) is 14.2 Å². The zero-order valence-electron chi connectivity index (χ0n) is 52.1. The van der Waals surface area contributed by atoms with E-state index in [-0.39, 0.29) is 31.1 Å². The Balaban J connectivity index is 4.10. The Kier molecular flexibility index (Phi) is 63.7. The lowest BCUT2D eigenvalue weighted by molar-refractivity contribution is -0.167. The van der Waals surface area contributed by atoms with Crippen LogP contribution in [-0.2, 0) is 28.6 Å². The fraction of sp³-hybridized carbons (Fsp3) is 0.740. The highest BCUT2D eigenvalue weighted by molar-refractivity contribution is 5.71. The van der Waals surface area contributed by atoms with Crippen LogP contribution in [0, 0.1) is 0 Å². The van der Waals surface area contributed by atoms with Crippen LogP contribution in [0.4, 0.5) is 0 Å². The minimum atomic E-state index is -0.781. The second-order valence-electron chi connectivity index (χ2n) is 22.4. The Bertz CT molecular complexity index is 1540. The molecule has 6 nitrogen and oxygen atoms in total. The summed E-state index contributed by atoms with van der Waals surface area (Å²) in [6.45, 7) is 6.48. The minimum absolute atomic E-state index is 0.0779. The number of hydrogen-bond acceptors (Lipinski definition) is 6. The maximum atomic E-state index is 12.9. The smallest absolute Gasteiger partial charge is 0.306 e. The van der Waals surface area contributed by atoms with Crippen LogP contribution < -0.4 is 0 Å². The molecule has 0 amide bonds. The van der Waals surface area contributed by atoms with E-state index in [1.54, 1.807) is 0 Å². The van der Waals surface area contributed by atoms with Gasteiger partial charge in [-0.15, -0.1) is 0 Å². The Hall–Kier alpha value is -3.67. The first-order chi connectivity index (χ1) is 39.0. The molecule has 0 spiro atoms. The van der Waals surface area contributed by atoms with Gasteiger partial charge < -0.3 is 14.2 Å². The first-order valence-corrected chi connectivity index (χ1v) is 33.7. The third-order valence-corrected chi connectivity index (χ3v) is 14.6. The number of unbranched alkanes of at least 4 members (excludes halogenated alkanes) is 34. The largest absolute Gasteiger partial charge is 0.462 e. The van der Waals surface area contributed by atoms with Crippen LogP contribution in [0.5, 0.6) is 0 Å². The Morgan fingerprint density at radius 2 is 0.519 bits per heavy atom. The van der Waals surface area contributed by atoms with Crippen LogP contribution in [-0.4, -0.2) is 37.2 Å². The van der Waals surface area contributed by atoms with E-state index in [0.717, 1.165) is 128 Å². The van der Waals surface area contributed by atoms with Crippen molar-refractivity contribution in [2.24, 2.45) is 0 Å². The molecule has 0 aromatic heterocycles. The quantitative estimate of drug-likeness (QED) is 0.0261. The Labute approximate surface area is 489 Å². The number of carbonyl (C=O) groups excluding carboxylic acids is 3. The normalized spacial score (nSPS) is 12.7. The highest BCUT2D eigenvalue weighted by Crippen LogP contribution is 2.17. The summed E-state index contributed by atoms with van der Waals surface area (Å²) < 4.78 is 16.9. The third-order valence-electron chi connectivity index (χ3n) is 14.6. The van der Waals surface area contributed by atoms with E-state index in [1.807, 2.05) is 0 Å². The van der Waals surface area contributed by atoms with Crippen molar-refractivity contribution in [2.45, 2.75) is 335 Å². The summed E-state index contributed by atoms with van der Waals surface area (Å²) in [4.78, 5) is 38.2. The van der Waals surface area contributed by atoms with Gasteiger partial charge in [-0.05, 0) is 96.3 Å². The molecule has 0 radical (unpaired) electrons. The molecule has 1 atom stereocenters. The number of allylic oxidation sites excluding steroid dienone is 16. The molecule has 0 aromatic carbocycles. The van der Waals surface area contributed by atoms with E-state index in [9.17, 15) is 14.4 Å². The van der Waals surface area contributed by atoms with Gasteiger partial charge in [-0.3, -0.25) is 14.4 Å². The molecule has 0 saturated heterocycles. The van der Waals surface area contributed by atoms with Crippen LogP contribution in [0.3, 0.4) is 0 Å². The lowest BCUT2D eigenvalue weighted by atomic mass is 10.0. The minimum Gasteiger partial charge on any atom is -0.462 e. The van der Waals surface area contributed by atoms with Crippen LogP contribution in [0.15, 0.2) is 97.2 Å². The molecule has 6 heteroatoms. The summed E-state index contributed by atoms with van der Waals surface area (Å²) in [6.07, 6.45) is 90.1. The van der Waals surface area contributed by atoms with E-state index >= 15 is 0 Å². The molecular formula is C73H126O6. The fourth-order valence-corrected chi connectivity index (χ4v) is 9.55. The molecule has 0 fully saturated rings. The Morgan fingerprint density at radius 1 is 0.266 bits per heavy atom. The van der Waals surface area contributed by atoms with Crippen LogP contribution >= 0.6 is 0 Å². The molecule has 0 bridgehead atoms. The van der Waals surface area contributed by atoms with Crippen molar-refractivity contribution in [1.29, 1.82) is 0 Å². The van der Waals surface area contributed by atoms with Gasteiger partial charge in [0.05, 0.1) is 0 Å². The molecule has 79 heavy (non-hydrogen) atoms. The molecule has 454 valence electrons. The molecular weight excluding hydrogens is 973 g/mol. The summed E-state index contributed by atoms with van der Waals surface area (Å²) >= 11 is 0. The van der Waals surface area contributed by atoms with Gasteiger partial charge in [0.1, 0.15) is 13.2 Å². The lowest BCUT2D eigenvalue weighted by Crippen LogP contribution is -2.30. The zero-order chi connectivity index (χ0) is 57.1. The molecule has 0 aliphatic carbocycles. The highest BCUT2D eigenvalue weighted by Gasteiger charge is 2.19. The number of hydrogen-bond donors (Lipinski definition) is 0. The topological polar surface area (TPSA) is 78.9 Å². The van der Waals surface area contributed by atoms with E-state index < -0.39 is 6.10 Å². The molecule has 0 aliphatic rings. The first-order valence-electron chi connectivity index (χ1n) is 33.7. The van der Waals surface area contributed by atoms with Crippen molar-refractivity contribution < 1.29 is 28.6 Å². The van der Waals surface area contributed by atoms with Gasteiger partial charge in [-0.2, -0.15) is 0 Å². The molecule has 0 N–H and O–H groups in total. The van der Waals surface area contributed by atoms with Gasteiger partial charge in [-0.1, -0.05) is 311 Å². The number of rotatable bonds is 61. The van der Waals surface area contributed by atoms with Crippen molar-refractivity contribution in [3.05, 3.63) is 97.2 Å². The van der Waals surface area contributed by atoms with Crippen molar-refractivity contribution >= 4 is 17.9 Å². The molecule has 0 rings (SSSR count). The van der Waals surface area contributed by atoms with Crippen LogP contribution in [0.2, 0.25) is 0 Å². The monoisotopic (exact) mass is 1100 g/mol. The Morgan fingerprint density at radius 3 is 0.823 bits per heavy atom. The maximum absolute atomic E-state index is 12.9. The lowest BCUT2D eigenvalue weighted by Gasteiger charge is -2.18. The first kappa shape index (κ1) is 75.3. The standard InChI is InChI=1S/C73H126O6/c1-4-7-10-13-16-19-22-25-26-27-28-29-30-31-32-33-34-35-36-37-38-39-40-41-42-43-44-45-46-49-51-54-57-60-63-66-72(75)78-69-70(79-73(76)67-64-61-58-55-52-48-24-21-18-15-12-9-6-3)68-77-71(74)65-62-59-56-53-50-47-23-20-17-14-11-8-5-2/h7,10,12,15-16,19,21,24-26,28-29,31-32,34-35,70H,4-6,8-9,11,13-14,17-18,20,22-23,27,30,33,36-69H2,1-3H3/b10-7-,15-12-,19-16-,24-21-,26-25-,29-28-,32-31-,35-34-. The zero-order valence-corrected chi connectivity index (χ0v) is 52.1. The molecule has 0 heterocycles. The number of ether oxygens (including phenoxy) is 3.